The van der Waals surface area contributed by atoms with Crippen LogP contribution >= 0.6 is 24.2 Å². The molecule has 0 aliphatic rings. The van der Waals surface area contributed by atoms with Crippen molar-refractivity contribution in [3.63, 3.8) is 0 Å². The third-order valence-corrected chi connectivity index (χ3v) is 4.50. The minimum Gasteiger partial charge on any atom is -0.494 e. The Morgan fingerprint density at radius 2 is 2.16 bits per heavy atom. The summed E-state index contributed by atoms with van der Waals surface area (Å²) in [6.07, 6.45) is 5.54. The molecule has 3 aromatic rings. The highest BCUT2D eigenvalue weighted by molar-refractivity contribution is 7.98. The summed E-state index contributed by atoms with van der Waals surface area (Å²) in [6.45, 7) is 5.07. The summed E-state index contributed by atoms with van der Waals surface area (Å²) in [5.74, 6) is 0.714. The molecule has 0 saturated heterocycles. The van der Waals surface area contributed by atoms with E-state index >= 15 is 0 Å². The highest BCUT2D eigenvalue weighted by Gasteiger charge is 2.15. The van der Waals surface area contributed by atoms with E-state index in [0.717, 1.165) is 34.2 Å². The van der Waals surface area contributed by atoms with Crippen LogP contribution in [-0.2, 0) is 0 Å². The first-order chi connectivity index (χ1) is 11.7. The predicted octanol–water partition coefficient (Wildman–Crippen LogP) is 3.61. The first-order valence-electron chi connectivity index (χ1n) is 7.84. The average molecular weight is 380 g/mol. The van der Waals surface area contributed by atoms with Gasteiger partial charge in [-0.25, -0.2) is 9.50 Å². The van der Waals surface area contributed by atoms with Crippen LogP contribution in [0.1, 0.15) is 25.6 Å². The molecule has 134 valence electrons. The number of halogens is 1. The molecule has 3 heterocycles. The number of rotatable bonds is 6. The Morgan fingerprint density at radius 1 is 1.36 bits per heavy atom. The van der Waals surface area contributed by atoms with Gasteiger partial charge in [0.1, 0.15) is 5.75 Å². The third-order valence-electron chi connectivity index (χ3n) is 3.87. The van der Waals surface area contributed by atoms with Crippen LogP contribution in [0.3, 0.4) is 0 Å². The molecule has 6 nitrogen and oxygen atoms in total. The molecule has 0 radical (unpaired) electrons. The molecule has 8 heteroatoms. The Morgan fingerprint density at radius 3 is 2.84 bits per heavy atom. The molecule has 0 aliphatic heterocycles. The van der Waals surface area contributed by atoms with E-state index in [4.69, 9.17) is 9.72 Å². The van der Waals surface area contributed by atoms with Gasteiger partial charge in [-0.15, -0.1) is 12.4 Å². The molecule has 0 aliphatic carbocycles. The SMILES string of the molecule is CCNC(C)c1cc(-c2cc3ccnn3c(SC)n2)c(OC)cn1.Cl. The smallest absolute Gasteiger partial charge is 0.189 e. The maximum Gasteiger partial charge on any atom is 0.189 e. The molecular formula is C17H22ClN5OS. The lowest BCUT2D eigenvalue weighted by Crippen LogP contribution is -2.18. The summed E-state index contributed by atoms with van der Waals surface area (Å²) in [6, 6.07) is 6.21. The van der Waals surface area contributed by atoms with Crippen LogP contribution in [0, 0.1) is 0 Å². The van der Waals surface area contributed by atoms with Crippen LogP contribution in [0.15, 0.2) is 35.7 Å². The van der Waals surface area contributed by atoms with E-state index < -0.39 is 0 Å². The van der Waals surface area contributed by atoms with Crippen LogP contribution in [0.25, 0.3) is 16.8 Å². The van der Waals surface area contributed by atoms with E-state index in [1.54, 1.807) is 31.3 Å². The van der Waals surface area contributed by atoms with Gasteiger partial charge in [-0.05, 0) is 37.9 Å². The zero-order valence-electron chi connectivity index (χ0n) is 14.7. The van der Waals surface area contributed by atoms with E-state index in [-0.39, 0.29) is 18.4 Å². The molecule has 0 aromatic carbocycles. The summed E-state index contributed by atoms with van der Waals surface area (Å²) in [5, 5.41) is 8.54. The first kappa shape index (κ1) is 19.5. The highest BCUT2D eigenvalue weighted by Crippen LogP contribution is 2.32. The van der Waals surface area contributed by atoms with Crippen molar-refractivity contribution >= 4 is 29.7 Å². The van der Waals surface area contributed by atoms with Gasteiger partial charge in [-0.3, -0.25) is 4.98 Å². The number of thioether (sulfide) groups is 1. The fraction of sp³-hybridized carbons (Fsp3) is 0.353. The van der Waals surface area contributed by atoms with Crippen LogP contribution in [0.4, 0.5) is 0 Å². The van der Waals surface area contributed by atoms with Gasteiger partial charge in [0.2, 0.25) is 0 Å². The summed E-state index contributed by atoms with van der Waals surface area (Å²) in [5.41, 5.74) is 3.76. The molecule has 0 saturated carbocycles. The Bertz CT molecular complexity index is 854. The van der Waals surface area contributed by atoms with Crippen molar-refractivity contribution in [2.24, 2.45) is 0 Å². The molecule has 0 spiro atoms. The maximum absolute atomic E-state index is 5.51. The van der Waals surface area contributed by atoms with Gasteiger partial charge in [0.25, 0.3) is 0 Å². The Kier molecular flexibility index (Phi) is 6.64. The van der Waals surface area contributed by atoms with Crippen molar-refractivity contribution in [1.29, 1.82) is 0 Å². The molecule has 3 rings (SSSR count). The second-order valence-corrected chi connectivity index (χ2v) is 6.16. The summed E-state index contributed by atoms with van der Waals surface area (Å²) in [7, 11) is 1.65. The molecule has 0 bridgehead atoms. The number of pyridine rings is 1. The minimum absolute atomic E-state index is 0. The number of fused-ring (bicyclic) bond motifs is 1. The number of methoxy groups -OCH3 is 1. The van der Waals surface area contributed by atoms with E-state index in [9.17, 15) is 0 Å². The van der Waals surface area contributed by atoms with Gasteiger partial charge in [0.05, 0.1) is 36.4 Å². The van der Waals surface area contributed by atoms with E-state index in [2.05, 4.69) is 29.2 Å². The molecule has 1 N–H and O–H groups in total. The lowest BCUT2D eigenvalue weighted by molar-refractivity contribution is 0.413. The zero-order chi connectivity index (χ0) is 17.1. The monoisotopic (exact) mass is 379 g/mol. The Hall–Kier alpha value is -1.83. The number of nitrogens with zero attached hydrogens (tertiary/aromatic N) is 4. The van der Waals surface area contributed by atoms with Gasteiger partial charge in [-0.1, -0.05) is 18.7 Å². The van der Waals surface area contributed by atoms with Crippen LogP contribution < -0.4 is 10.1 Å². The van der Waals surface area contributed by atoms with E-state index in [1.165, 1.54) is 0 Å². The topological polar surface area (TPSA) is 64.3 Å². The van der Waals surface area contributed by atoms with Crippen LogP contribution in [0.2, 0.25) is 0 Å². The second-order valence-electron chi connectivity index (χ2n) is 5.38. The number of aromatic nitrogens is 4. The lowest BCUT2D eigenvalue weighted by atomic mass is 10.1. The highest BCUT2D eigenvalue weighted by atomic mass is 35.5. The quantitative estimate of drug-likeness (QED) is 0.521. The fourth-order valence-electron chi connectivity index (χ4n) is 2.64. The minimum atomic E-state index is 0. The van der Waals surface area contributed by atoms with Crippen LogP contribution in [0.5, 0.6) is 5.75 Å². The van der Waals surface area contributed by atoms with Crippen molar-refractivity contribution in [2.75, 3.05) is 19.9 Å². The molecule has 0 amide bonds. The van der Waals surface area contributed by atoms with E-state index in [0.29, 0.717) is 5.75 Å². The molecule has 0 fully saturated rings. The molecule has 1 unspecified atom stereocenters. The first-order valence-corrected chi connectivity index (χ1v) is 9.06. The standard InChI is InChI=1S/C17H21N5OS.ClH/c1-5-18-11(2)14-9-13(16(23-3)10-19-14)15-8-12-6-7-20-22(12)17(21-15)24-4;/h6-11,18H,5H2,1-4H3;1H. The lowest BCUT2D eigenvalue weighted by Gasteiger charge is -2.15. The van der Waals surface area contributed by atoms with Crippen molar-refractivity contribution < 1.29 is 4.74 Å². The van der Waals surface area contributed by atoms with Crippen molar-refractivity contribution in [3.05, 3.63) is 36.3 Å². The third kappa shape index (κ3) is 3.89. The predicted molar refractivity (Wildman–Crippen MR) is 104 cm³/mol. The van der Waals surface area contributed by atoms with Crippen molar-refractivity contribution in [3.8, 4) is 17.0 Å². The van der Waals surface area contributed by atoms with Crippen molar-refractivity contribution in [2.45, 2.75) is 25.0 Å². The van der Waals surface area contributed by atoms with Gasteiger partial charge < -0.3 is 10.1 Å². The summed E-state index contributed by atoms with van der Waals surface area (Å²) < 4.78 is 7.35. The molecular weight excluding hydrogens is 358 g/mol. The number of hydrogen-bond donors (Lipinski definition) is 1. The number of hydrogen-bond acceptors (Lipinski definition) is 6. The zero-order valence-corrected chi connectivity index (χ0v) is 16.3. The molecule has 25 heavy (non-hydrogen) atoms. The summed E-state index contributed by atoms with van der Waals surface area (Å²) in [4.78, 5) is 9.26. The largest absolute Gasteiger partial charge is 0.494 e. The van der Waals surface area contributed by atoms with Crippen LogP contribution in [-0.4, -0.2) is 39.5 Å². The van der Waals surface area contributed by atoms with E-state index in [1.807, 2.05) is 29.0 Å². The van der Waals surface area contributed by atoms with Gasteiger partial charge >= 0.3 is 0 Å². The maximum atomic E-state index is 5.51. The van der Waals surface area contributed by atoms with Crippen molar-refractivity contribution in [1.82, 2.24) is 24.9 Å². The number of ether oxygens (including phenoxy) is 1. The summed E-state index contributed by atoms with van der Waals surface area (Å²) >= 11 is 1.56. The average Bonchev–Trinajstić information content (AvgIpc) is 3.09. The Balaban J connectivity index is 0.00000225. The Labute approximate surface area is 157 Å². The second kappa shape index (κ2) is 8.51. The van der Waals surface area contributed by atoms with Gasteiger partial charge in [0.15, 0.2) is 5.16 Å². The van der Waals surface area contributed by atoms with Gasteiger partial charge in [0, 0.05) is 11.6 Å². The fourth-order valence-corrected chi connectivity index (χ4v) is 3.16. The normalized spacial score (nSPS) is 12.0. The number of nitrogens with one attached hydrogen (secondary N) is 1. The molecule has 3 aromatic heterocycles. The van der Waals surface area contributed by atoms with Gasteiger partial charge in [-0.2, -0.15) is 5.10 Å². The molecule has 1 atom stereocenters.